The summed E-state index contributed by atoms with van der Waals surface area (Å²) >= 11 is 0. The summed E-state index contributed by atoms with van der Waals surface area (Å²) in [6, 6.07) is 3.16. The van der Waals surface area contributed by atoms with Gasteiger partial charge in [-0.1, -0.05) is 0 Å². The van der Waals surface area contributed by atoms with Gasteiger partial charge >= 0.3 is 0 Å². The number of rotatable bonds is 6. The Balaban J connectivity index is 1.69. The van der Waals surface area contributed by atoms with Gasteiger partial charge in [-0.15, -0.1) is 0 Å². The number of aliphatic hydroxyl groups excluding tert-OH is 1. The molecule has 2 N–H and O–H groups in total. The molecule has 116 valence electrons. The molecule has 1 aromatic heterocycles. The first-order chi connectivity index (χ1) is 10.2. The Morgan fingerprint density at radius 3 is 2.81 bits per heavy atom. The first kappa shape index (κ1) is 15.5. The van der Waals surface area contributed by atoms with Crippen molar-refractivity contribution >= 4 is 11.8 Å². The Morgan fingerprint density at radius 1 is 1.43 bits per heavy atom. The number of hydrogen-bond donors (Lipinski definition) is 2. The fourth-order valence-electron chi connectivity index (χ4n) is 2.25. The fraction of sp³-hybridized carbons (Fsp3) is 0.571. The average molecular weight is 296 g/mol. The summed E-state index contributed by atoms with van der Waals surface area (Å²) in [7, 11) is 0. The zero-order chi connectivity index (χ0) is 15.1. The number of piperidine rings is 1. The van der Waals surface area contributed by atoms with Crippen LogP contribution in [0, 0.1) is 0 Å². The first-order valence-electron chi connectivity index (χ1n) is 7.02. The van der Waals surface area contributed by atoms with Crippen LogP contribution < -0.4 is 5.32 Å². The second-order valence-electron chi connectivity index (χ2n) is 4.83. The molecule has 2 amide bonds. The van der Waals surface area contributed by atoms with E-state index in [4.69, 9.17) is 14.3 Å². The Bertz CT molecular complexity index is 452. The molecule has 1 saturated heterocycles. The van der Waals surface area contributed by atoms with Gasteiger partial charge in [-0.05, 0) is 25.0 Å². The zero-order valence-corrected chi connectivity index (χ0v) is 11.8. The number of nitrogens with one attached hydrogen (secondary N) is 1. The number of amides is 2. The lowest BCUT2D eigenvalue weighted by atomic mass is 10.1. The predicted molar refractivity (Wildman–Crippen MR) is 73.7 cm³/mol. The molecule has 1 aliphatic heterocycles. The van der Waals surface area contributed by atoms with Crippen molar-refractivity contribution in [1.29, 1.82) is 0 Å². The summed E-state index contributed by atoms with van der Waals surface area (Å²) < 4.78 is 10.4. The van der Waals surface area contributed by atoms with Gasteiger partial charge in [-0.25, -0.2) is 0 Å². The Kier molecular flexibility index (Phi) is 5.77. The second kappa shape index (κ2) is 7.80. The van der Waals surface area contributed by atoms with Crippen molar-refractivity contribution < 1.29 is 23.8 Å². The van der Waals surface area contributed by atoms with Crippen LogP contribution in [0.15, 0.2) is 22.8 Å². The van der Waals surface area contributed by atoms with Gasteiger partial charge in [-0.2, -0.15) is 0 Å². The van der Waals surface area contributed by atoms with Gasteiger partial charge in [0.05, 0.1) is 32.1 Å². The van der Waals surface area contributed by atoms with Gasteiger partial charge in [0.1, 0.15) is 0 Å². The number of ether oxygens (including phenoxy) is 1. The van der Waals surface area contributed by atoms with Crippen LogP contribution in [0.3, 0.4) is 0 Å². The van der Waals surface area contributed by atoms with Crippen molar-refractivity contribution in [3.8, 4) is 0 Å². The van der Waals surface area contributed by atoms with Crippen molar-refractivity contribution in [1.82, 2.24) is 10.2 Å². The minimum absolute atomic E-state index is 0.0119. The Hall–Kier alpha value is -1.86. The number of furan rings is 1. The topological polar surface area (TPSA) is 92.0 Å². The molecule has 0 unspecified atom stereocenters. The van der Waals surface area contributed by atoms with E-state index in [1.807, 2.05) is 0 Å². The SMILES string of the molecule is O=C(NCC(=O)N1CCC(OCCO)CC1)c1ccco1. The van der Waals surface area contributed by atoms with Crippen molar-refractivity contribution in [2.45, 2.75) is 18.9 Å². The molecule has 2 heterocycles. The van der Waals surface area contributed by atoms with E-state index in [1.54, 1.807) is 17.0 Å². The van der Waals surface area contributed by atoms with Gasteiger partial charge in [0.15, 0.2) is 5.76 Å². The highest BCUT2D eigenvalue weighted by atomic mass is 16.5. The lowest BCUT2D eigenvalue weighted by Crippen LogP contribution is -2.45. The minimum Gasteiger partial charge on any atom is -0.459 e. The molecule has 0 spiro atoms. The molecule has 1 fully saturated rings. The van der Waals surface area contributed by atoms with E-state index in [0.29, 0.717) is 19.7 Å². The lowest BCUT2D eigenvalue weighted by Gasteiger charge is -2.31. The molecule has 0 atom stereocenters. The van der Waals surface area contributed by atoms with Crippen molar-refractivity contribution in [3.05, 3.63) is 24.2 Å². The monoisotopic (exact) mass is 296 g/mol. The molecule has 0 aliphatic carbocycles. The third kappa shape index (κ3) is 4.57. The van der Waals surface area contributed by atoms with Crippen LogP contribution in [0.25, 0.3) is 0 Å². The molecular weight excluding hydrogens is 276 g/mol. The normalized spacial score (nSPS) is 16.0. The van der Waals surface area contributed by atoms with Crippen molar-refractivity contribution in [2.24, 2.45) is 0 Å². The van der Waals surface area contributed by atoms with Gasteiger partial charge in [0.25, 0.3) is 5.91 Å². The molecule has 1 aliphatic rings. The molecule has 0 bridgehead atoms. The molecule has 0 radical (unpaired) electrons. The number of carbonyl (C=O) groups excluding carboxylic acids is 2. The van der Waals surface area contributed by atoms with Crippen LogP contribution in [0.2, 0.25) is 0 Å². The smallest absolute Gasteiger partial charge is 0.287 e. The molecule has 0 aromatic carbocycles. The van der Waals surface area contributed by atoms with Crippen LogP contribution in [0.5, 0.6) is 0 Å². The number of nitrogens with zero attached hydrogens (tertiary/aromatic N) is 1. The summed E-state index contributed by atoms with van der Waals surface area (Å²) in [5, 5.41) is 11.2. The van der Waals surface area contributed by atoms with E-state index in [1.165, 1.54) is 6.26 Å². The zero-order valence-electron chi connectivity index (χ0n) is 11.8. The Morgan fingerprint density at radius 2 is 2.19 bits per heavy atom. The van der Waals surface area contributed by atoms with E-state index in [9.17, 15) is 9.59 Å². The predicted octanol–water partition coefficient (Wildman–Crippen LogP) is 0.00930. The van der Waals surface area contributed by atoms with Crippen LogP contribution in [-0.2, 0) is 9.53 Å². The highest BCUT2D eigenvalue weighted by molar-refractivity contribution is 5.94. The van der Waals surface area contributed by atoms with E-state index >= 15 is 0 Å². The second-order valence-corrected chi connectivity index (χ2v) is 4.83. The van der Waals surface area contributed by atoms with Gasteiger partial charge < -0.3 is 24.5 Å². The standard InChI is InChI=1S/C14H20N2O5/c17-7-9-20-11-3-5-16(6-4-11)13(18)10-15-14(19)12-2-1-8-21-12/h1-2,8,11,17H,3-7,9-10H2,(H,15,19). The third-order valence-corrected chi connectivity index (χ3v) is 3.38. The van der Waals surface area contributed by atoms with Gasteiger partial charge in [0, 0.05) is 13.1 Å². The maximum Gasteiger partial charge on any atom is 0.287 e. The third-order valence-electron chi connectivity index (χ3n) is 3.38. The van der Waals surface area contributed by atoms with Gasteiger partial charge in [-0.3, -0.25) is 9.59 Å². The van der Waals surface area contributed by atoms with E-state index < -0.39 is 5.91 Å². The number of hydrogen-bond acceptors (Lipinski definition) is 5. The van der Waals surface area contributed by atoms with Crippen LogP contribution in [-0.4, -0.2) is 60.8 Å². The Labute approximate surface area is 122 Å². The van der Waals surface area contributed by atoms with Crippen LogP contribution in [0.4, 0.5) is 0 Å². The molecule has 1 aromatic rings. The van der Waals surface area contributed by atoms with Crippen molar-refractivity contribution in [2.75, 3.05) is 32.8 Å². The number of aliphatic hydroxyl groups is 1. The molecule has 7 nitrogen and oxygen atoms in total. The summed E-state index contributed by atoms with van der Waals surface area (Å²) in [5.41, 5.74) is 0. The maximum absolute atomic E-state index is 12.0. The largest absolute Gasteiger partial charge is 0.459 e. The summed E-state index contributed by atoms with van der Waals surface area (Å²) in [6.07, 6.45) is 3.00. The highest BCUT2D eigenvalue weighted by Crippen LogP contribution is 2.13. The molecule has 0 saturated carbocycles. The first-order valence-corrected chi connectivity index (χ1v) is 7.02. The van der Waals surface area contributed by atoms with Crippen LogP contribution in [0.1, 0.15) is 23.4 Å². The number of likely N-dealkylation sites (tertiary alicyclic amines) is 1. The molecule has 2 rings (SSSR count). The highest BCUT2D eigenvalue weighted by Gasteiger charge is 2.23. The van der Waals surface area contributed by atoms with Crippen molar-refractivity contribution in [3.63, 3.8) is 0 Å². The minimum atomic E-state index is -0.394. The molecular formula is C14H20N2O5. The van der Waals surface area contributed by atoms with Gasteiger partial charge in [0.2, 0.25) is 5.91 Å². The number of carbonyl (C=O) groups is 2. The summed E-state index contributed by atoms with van der Waals surface area (Å²) in [6.45, 7) is 1.51. The van der Waals surface area contributed by atoms with E-state index in [2.05, 4.69) is 5.32 Å². The fourth-order valence-corrected chi connectivity index (χ4v) is 2.25. The van der Waals surface area contributed by atoms with E-state index in [0.717, 1.165) is 12.8 Å². The quantitative estimate of drug-likeness (QED) is 0.771. The lowest BCUT2D eigenvalue weighted by molar-refractivity contribution is -0.132. The molecule has 7 heteroatoms. The van der Waals surface area contributed by atoms with E-state index in [-0.39, 0.29) is 30.9 Å². The maximum atomic E-state index is 12.0. The summed E-state index contributed by atoms with van der Waals surface area (Å²) in [5.74, 6) is -0.316. The van der Waals surface area contributed by atoms with Crippen LogP contribution >= 0.6 is 0 Å². The average Bonchev–Trinajstić information content (AvgIpc) is 3.05. The summed E-state index contributed by atoms with van der Waals surface area (Å²) in [4.78, 5) is 25.3. The molecule has 21 heavy (non-hydrogen) atoms.